The van der Waals surface area contributed by atoms with E-state index in [0.29, 0.717) is 11.7 Å². The van der Waals surface area contributed by atoms with E-state index in [1.807, 2.05) is 24.9 Å². The van der Waals surface area contributed by atoms with Crippen LogP contribution in [0.1, 0.15) is 24.5 Å². The molecule has 2 heterocycles. The molecule has 0 atom stereocenters. The van der Waals surface area contributed by atoms with E-state index < -0.39 is 0 Å². The molecule has 1 N–H and O–H groups in total. The molecule has 18 heavy (non-hydrogen) atoms. The SMILES string of the molecule is CNc1nc(-c2nccn2C)nc(C2CC2)c1I. The first-order valence-electron chi connectivity index (χ1n) is 5.93. The third kappa shape index (κ3) is 1.98. The van der Waals surface area contributed by atoms with Crippen molar-refractivity contribution >= 4 is 28.4 Å². The zero-order chi connectivity index (χ0) is 12.7. The van der Waals surface area contributed by atoms with Crippen LogP contribution in [0.5, 0.6) is 0 Å². The Balaban J connectivity index is 2.15. The second-order valence-electron chi connectivity index (χ2n) is 4.48. The molecule has 0 saturated heterocycles. The lowest BCUT2D eigenvalue weighted by Crippen LogP contribution is -2.06. The summed E-state index contributed by atoms with van der Waals surface area (Å²) in [7, 11) is 3.85. The van der Waals surface area contributed by atoms with Gasteiger partial charge in [0.25, 0.3) is 0 Å². The Morgan fingerprint density at radius 1 is 1.39 bits per heavy atom. The molecule has 0 unspecified atom stereocenters. The van der Waals surface area contributed by atoms with Gasteiger partial charge in [0.05, 0.1) is 9.26 Å². The average molecular weight is 355 g/mol. The summed E-state index contributed by atoms with van der Waals surface area (Å²) < 4.78 is 3.08. The van der Waals surface area contributed by atoms with E-state index >= 15 is 0 Å². The molecule has 0 aliphatic heterocycles. The smallest absolute Gasteiger partial charge is 0.198 e. The van der Waals surface area contributed by atoms with E-state index in [-0.39, 0.29) is 0 Å². The fraction of sp³-hybridized carbons (Fsp3) is 0.417. The number of anilines is 1. The highest BCUT2D eigenvalue weighted by molar-refractivity contribution is 14.1. The summed E-state index contributed by atoms with van der Waals surface area (Å²) in [6, 6.07) is 0. The Hall–Kier alpha value is -1.18. The first-order valence-corrected chi connectivity index (χ1v) is 7.01. The number of rotatable bonds is 3. The third-order valence-corrected chi connectivity index (χ3v) is 4.16. The number of nitrogens with zero attached hydrogens (tertiary/aromatic N) is 4. The van der Waals surface area contributed by atoms with Gasteiger partial charge >= 0.3 is 0 Å². The number of nitrogens with one attached hydrogen (secondary N) is 1. The van der Waals surface area contributed by atoms with Gasteiger partial charge in [-0.25, -0.2) is 15.0 Å². The van der Waals surface area contributed by atoms with Gasteiger partial charge < -0.3 is 9.88 Å². The van der Waals surface area contributed by atoms with Crippen LogP contribution in [0, 0.1) is 3.57 Å². The van der Waals surface area contributed by atoms with Crippen LogP contribution in [0.2, 0.25) is 0 Å². The lowest BCUT2D eigenvalue weighted by atomic mass is 10.2. The zero-order valence-corrected chi connectivity index (χ0v) is 12.5. The molecule has 1 aliphatic rings. The lowest BCUT2D eigenvalue weighted by Gasteiger charge is -2.10. The Bertz CT molecular complexity index is 588. The molecular formula is C12H14IN5. The van der Waals surface area contributed by atoms with Crippen molar-refractivity contribution in [1.29, 1.82) is 0 Å². The molecule has 0 spiro atoms. The number of hydrogen-bond donors (Lipinski definition) is 1. The van der Waals surface area contributed by atoms with Crippen LogP contribution in [-0.2, 0) is 7.05 Å². The Kier molecular flexibility index (Phi) is 2.96. The fourth-order valence-electron chi connectivity index (χ4n) is 1.94. The van der Waals surface area contributed by atoms with Gasteiger partial charge in [0, 0.05) is 32.4 Å². The van der Waals surface area contributed by atoms with Gasteiger partial charge in [0.1, 0.15) is 5.82 Å². The molecule has 94 valence electrons. The average Bonchev–Trinajstić information content (AvgIpc) is 3.12. The zero-order valence-electron chi connectivity index (χ0n) is 10.3. The van der Waals surface area contributed by atoms with Crippen LogP contribution in [0.4, 0.5) is 5.82 Å². The Morgan fingerprint density at radius 3 is 2.72 bits per heavy atom. The van der Waals surface area contributed by atoms with E-state index in [9.17, 15) is 0 Å². The molecule has 0 amide bonds. The largest absolute Gasteiger partial charge is 0.372 e. The van der Waals surface area contributed by atoms with Crippen molar-refractivity contribution < 1.29 is 0 Å². The van der Waals surface area contributed by atoms with Crippen molar-refractivity contribution in [2.75, 3.05) is 12.4 Å². The van der Waals surface area contributed by atoms with Crippen molar-refractivity contribution in [2.45, 2.75) is 18.8 Å². The van der Waals surface area contributed by atoms with Gasteiger partial charge in [0.2, 0.25) is 0 Å². The van der Waals surface area contributed by atoms with Gasteiger partial charge in [-0.05, 0) is 35.4 Å². The number of aryl methyl sites for hydroxylation is 1. The Morgan fingerprint density at radius 2 is 2.17 bits per heavy atom. The highest BCUT2D eigenvalue weighted by Crippen LogP contribution is 2.42. The summed E-state index contributed by atoms with van der Waals surface area (Å²) in [5, 5.41) is 3.14. The minimum Gasteiger partial charge on any atom is -0.372 e. The van der Waals surface area contributed by atoms with Crippen LogP contribution in [0.3, 0.4) is 0 Å². The first-order chi connectivity index (χ1) is 8.70. The maximum atomic E-state index is 4.70. The monoisotopic (exact) mass is 355 g/mol. The van der Waals surface area contributed by atoms with Gasteiger partial charge in [-0.15, -0.1) is 0 Å². The number of halogens is 1. The summed E-state index contributed by atoms with van der Waals surface area (Å²) >= 11 is 2.32. The molecule has 2 aromatic rings. The van der Waals surface area contributed by atoms with E-state index in [2.05, 4.69) is 37.9 Å². The van der Waals surface area contributed by atoms with Gasteiger partial charge in [-0.1, -0.05) is 0 Å². The summed E-state index contributed by atoms with van der Waals surface area (Å²) in [5.41, 5.74) is 1.16. The molecule has 1 aliphatic carbocycles. The maximum Gasteiger partial charge on any atom is 0.198 e. The first kappa shape index (κ1) is 11.9. The summed E-state index contributed by atoms with van der Waals surface area (Å²) in [6.45, 7) is 0. The number of hydrogen-bond acceptors (Lipinski definition) is 4. The molecular weight excluding hydrogens is 341 g/mol. The predicted molar refractivity (Wildman–Crippen MR) is 78.5 cm³/mol. The van der Waals surface area contributed by atoms with Crippen molar-refractivity contribution in [1.82, 2.24) is 19.5 Å². The normalized spacial score (nSPS) is 14.8. The van der Waals surface area contributed by atoms with Crippen LogP contribution < -0.4 is 5.32 Å². The van der Waals surface area contributed by atoms with Crippen LogP contribution >= 0.6 is 22.6 Å². The van der Waals surface area contributed by atoms with E-state index in [1.165, 1.54) is 12.8 Å². The molecule has 2 aromatic heterocycles. The molecule has 0 aromatic carbocycles. The van der Waals surface area contributed by atoms with Crippen LogP contribution in [-0.4, -0.2) is 26.6 Å². The molecule has 6 heteroatoms. The van der Waals surface area contributed by atoms with Crippen molar-refractivity contribution in [3.8, 4) is 11.6 Å². The fourth-order valence-corrected chi connectivity index (χ4v) is 2.89. The minimum atomic E-state index is 0.603. The quantitative estimate of drug-likeness (QED) is 0.860. The van der Waals surface area contributed by atoms with E-state index in [4.69, 9.17) is 4.98 Å². The molecule has 0 bridgehead atoms. The van der Waals surface area contributed by atoms with Gasteiger partial charge in [0.15, 0.2) is 11.6 Å². The van der Waals surface area contributed by atoms with Gasteiger partial charge in [-0.3, -0.25) is 0 Å². The standard InChI is InChI=1S/C12H14IN5/c1-14-10-8(13)9(7-3-4-7)16-11(17-10)12-15-5-6-18(12)2/h5-7H,3-4H2,1-2H3,(H,14,16,17). The Labute approximate surface area is 119 Å². The van der Waals surface area contributed by atoms with Crippen molar-refractivity contribution in [3.63, 3.8) is 0 Å². The van der Waals surface area contributed by atoms with Crippen LogP contribution in [0.15, 0.2) is 12.4 Å². The second kappa shape index (κ2) is 4.49. The predicted octanol–water partition coefficient (Wildman–Crippen LogP) is 2.40. The summed E-state index contributed by atoms with van der Waals surface area (Å²) in [4.78, 5) is 13.6. The van der Waals surface area contributed by atoms with Crippen molar-refractivity contribution in [2.24, 2.45) is 7.05 Å². The molecule has 0 radical (unpaired) electrons. The molecule has 1 saturated carbocycles. The lowest BCUT2D eigenvalue weighted by molar-refractivity contribution is 0.891. The number of aromatic nitrogens is 4. The molecule has 5 nitrogen and oxygen atoms in total. The third-order valence-electron chi connectivity index (χ3n) is 3.10. The summed E-state index contributed by atoms with van der Waals surface area (Å²) in [5.74, 6) is 3.01. The van der Waals surface area contributed by atoms with Gasteiger partial charge in [-0.2, -0.15) is 0 Å². The molecule has 1 fully saturated rings. The number of imidazole rings is 1. The summed E-state index contributed by atoms with van der Waals surface area (Å²) in [6.07, 6.45) is 6.14. The minimum absolute atomic E-state index is 0.603. The second-order valence-corrected chi connectivity index (χ2v) is 5.56. The van der Waals surface area contributed by atoms with E-state index in [0.717, 1.165) is 20.9 Å². The van der Waals surface area contributed by atoms with E-state index in [1.54, 1.807) is 6.20 Å². The van der Waals surface area contributed by atoms with Crippen LogP contribution in [0.25, 0.3) is 11.6 Å². The molecule has 3 rings (SSSR count). The van der Waals surface area contributed by atoms with Crippen molar-refractivity contribution in [3.05, 3.63) is 21.7 Å². The highest BCUT2D eigenvalue weighted by atomic mass is 127. The topological polar surface area (TPSA) is 55.6 Å². The highest BCUT2D eigenvalue weighted by Gasteiger charge is 2.29. The maximum absolute atomic E-state index is 4.70.